The molecule has 0 radical (unpaired) electrons. The Hall–Kier alpha value is -1.74. The summed E-state index contributed by atoms with van der Waals surface area (Å²) in [5.41, 5.74) is 5.43. The standard InChI is InChI=1S/C21H33BN2O5/c1-17(25)20(18-7-3-2-4-8-18)10-14-24(15-11-20)16-12-21(23,19(26)27)9-5-6-13-22(28)29/h2-4,7-8,28-29H,5-6,9-16,23H2,1H3,(H,26,27). The lowest BCUT2D eigenvalue weighted by molar-refractivity contribution is -0.144. The number of unbranched alkanes of at least 4 members (excludes halogenated alkanes) is 1. The molecule has 8 heteroatoms. The topological polar surface area (TPSA) is 124 Å². The molecule has 0 aromatic heterocycles. The van der Waals surface area contributed by atoms with Crippen molar-refractivity contribution in [1.29, 1.82) is 0 Å². The summed E-state index contributed by atoms with van der Waals surface area (Å²) in [6.45, 7) is 3.66. The summed E-state index contributed by atoms with van der Waals surface area (Å²) < 4.78 is 0. The highest BCUT2D eigenvalue weighted by Gasteiger charge is 2.41. The van der Waals surface area contributed by atoms with Crippen LogP contribution in [-0.4, -0.2) is 64.1 Å². The molecule has 1 saturated heterocycles. The Morgan fingerprint density at radius 2 is 1.76 bits per heavy atom. The Kier molecular flexibility index (Phi) is 8.40. The first-order valence-corrected chi connectivity index (χ1v) is 10.4. The van der Waals surface area contributed by atoms with Gasteiger partial charge in [-0.05, 0) is 57.6 Å². The number of hydrogen-bond donors (Lipinski definition) is 4. The minimum Gasteiger partial charge on any atom is -0.480 e. The van der Waals surface area contributed by atoms with Gasteiger partial charge in [0.2, 0.25) is 0 Å². The van der Waals surface area contributed by atoms with Crippen LogP contribution in [0.5, 0.6) is 0 Å². The van der Waals surface area contributed by atoms with E-state index in [0.717, 1.165) is 18.7 Å². The van der Waals surface area contributed by atoms with Gasteiger partial charge in [0.15, 0.2) is 0 Å². The fraction of sp³-hybridized carbons (Fsp3) is 0.619. The van der Waals surface area contributed by atoms with Crippen molar-refractivity contribution in [3.8, 4) is 0 Å². The van der Waals surface area contributed by atoms with E-state index in [1.165, 1.54) is 0 Å². The van der Waals surface area contributed by atoms with Crippen LogP contribution >= 0.6 is 0 Å². The number of nitrogens with two attached hydrogens (primary N) is 1. The van der Waals surface area contributed by atoms with Gasteiger partial charge in [-0.15, -0.1) is 0 Å². The summed E-state index contributed by atoms with van der Waals surface area (Å²) >= 11 is 0. The van der Waals surface area contributed by atoms with Gasteiger partial charge in [0.05, 0.1) is 5.41 Å². The molecular formula is C21H33BN2O5. The third kappa shape index (κ3) is 6.12. The van der Waals surface area contributed by atoms with Gasteiger partial charge >= 0.3 is 13.1 Å². The molecule has 1 aliphatic rings. The molecule has 2 rings (SSSR count). The van der Waals surface area contributed by atoms with E-state index < -0.39 is 24.0 Å². The maximum Gasteiger partial charge on any atom is 0.451 e. The molecule has 29 heavy (non-hydrogen) atoms. The van der Waals surface area contributed by atoms with Gasteiger partial charge in [-0.2, -0.15) is 0 Å². The van der Waals surface area contributed by atoms with Crippen LogP contribution in [-0.2, 0) is 15.0 Å². The lowest BCUT2D eigenvalue weighted by Gasteiger charge is -2.41. The number of carbonyl (C=O) groups is 2. The normalized spacial score (nSPS) is 18.8. The molecule has 0 bridgehead atoms. The summed E-state index contributed by atoms with van der Waals surface area (Å²) in [6.07, 6.45) is 3.31. The second-order valence-corrected chi connectivity index (χ2v) is 8.28. The highest BCUT2D eigenvalue weighted by atomic mass is 16.4. The molecular weight excluding hydrogens is 371 g/mol. The number of benzene rings is 1. The van der Waals surface area contributed by atoms with Gasteiger partial charge < -0.3 is 25.8 Å². The third-order valence-corrected chi connectivity index (χ3v) is 6.35. The van der Waals surface area contributed by atoms with Gasteiger partial charge in [-0.25, -0.2) is 0 Å². The zero-order valence-electron chi connectivity index (χ0n) is 17.2. The maximum absolute atomic E-state index is 12.5. The van der Waals surface area contributed by atoms with Crippen LogP contribution < -0.4 is 5.73 Å². The van der Waals surface area contributed by atoms with E-state index in [9.17, 15) is 14.7 Å². The minimum atomic E-state index is -1.37. The number of rotatable bonds is 11. The molecule has 0 saturated carbocycles. The Bertz CT molecular complexity index is 677. The van der Waals surface area contributed by atoms with Gasteiger partial charge in [0.1, 0.15) is 11.3 Å². The van der Waals surface area contributed by atoms with Gasteiger partial charge in [0.25, 0.3) is 0 Å². The summed E-state index contributed by atoms with van der Waals surface area (Å²) in [4.78, 5) is 26.4. The third-order valence-electron chi connectivity index (χ3n) is 6.35. The number of Topliss-reactive ketones (excluding diaryl/α,β-unsaturated/α-hetero) is 1. The van der Waals surface area contributed by atoms with Crippen LogP contribution in [0, 0.1) is 0 Å². The minimum absolute atomic E-state index is 0.174. The molecule has 1 unspecified atom stereocenters. The number of carboxylic acid groups (broad SMARTS) is 1. The molecule has 0 spiro atoms. The average molecular weight is 404 g/mol. The first-order valence-electron chi connectivity index (χ1n) is 10.4. The Labute approximate surface area is 173 Å². The summed E-state index contributed by atoms with van der Waals surface area (Å²) in [7, 11) is -1.37. The number of ketones is 1. The monoisotopic (exact) mass is 404 g/mol. The van der Waals surface area contributed by atoms with Crippen molar-refractivity contribution in [1.82, 2.24) is 4.90 Å². The van der Waals surface area contributed by atoms with Crippen LogP contribution in [0.1, 0.15) is 51.0 Å². The number of likely N-dealkylation sites (tertiary alicyclic amines) is 1. The Balaban J connectivity index is 1.91. The molecule has 1 aliphatic heterocycles. The quantitative estimate of drug-likeness (QED) is 0.325. The Morgan fingerprint density at radius 3 is 2.28 bits per heavy atom. The van der Waals surface area contributed by atoms with E-state index >= 15 is 0 Å². The molecule has 7 nitrogen and oxygen atoms in total. The summed E-state index contributed by atoms with van der Waals surface area (Å²) in [5, 5.41) is 27.4. The molecule has 1 heterocycles. The van der Waals surface area contributed by atoms with Crippen LogP contribution in [0.2, 0.25) is 6.32 Å². The number of hydrogen-bond acceptors (Lipinski definition) is 6. The van der Waals surface area contributed by atoms with Crippen molar-refractivity contribution in [3.05, 3.63) is 35.9 Å². The van der Waals surface area contributed by atoms with Crippen LogP contribution in [0.3, 0.4) is 0 Å². The van der Waals surface area contributed by atoms with Gasteiger partial charge in [-0.3, -0.25) is 9.59 Å². The van der Waals surface area contributed by atoms with E-state index in [0.29, 0.717) is 45.1 Å². The summed E-state index contributed by atoms with van der Waals surface area (Å²) in [6, 6.07) is 9.88. The van der Waals surface area contributed by atoms with Crippen LogP contribution in [0.4, 0.5) is 0 Å². The molecule has 0 amide bonds. The molecule has 5 N–H and O–H groups in total. The summed E-state index contributed by atoms with van der Waals surface area (Å²) in [5.74, 6) is -0.852. The number of carboxylic acids is 1. The SMILES string of the molecule is CC(=O)C1(c2ccccc2)CCN(CCC(N)(CCCCB(O)O)C(=O)O)CC1. The van der Waals surface area contributed by atoms with Crippen LogP contribution in [0.25, 0.3) is 0 Å². The molecule has 1 fully saturated rings. The number of nitrogens with zero attached hydrogens (tertiary/aromatic N) is 1. The lowest BCUT2D eigenvalue weighted by Crippen LogP contribution is -2.52. The molecule has 1 aromatic rings. The predicted octanol–water partition coefficient (Wildman–Crippen LogP) is 1.42. The van der Waals surface area contributed by atoms with Crippen molar-refractivity contribution in [2.24, 2.45) is 5.73 Å². The lowest BCUT2D eigenvalue weighted by atomic mass is 9.70. The van der Waals surface area contributed by atoms with E-state index in [1.807, 2.05) is 30.3 Å². The van der Waals surface area contributed by atoms with E-state index in [2.05, 4.69) is 4.90 Å². The average Bonchev–Trinajstić information content (AvgIpc) is 2.70. The van der Waals surface area contributed by atoms with E-state index in [4.69, 9.17) is 15.8 Å². The van der Waals surface area contributed by atoms with E-state index in [1.54, 1.807) is 6.92 Å². The van der Waals surface area contributed by atoms with Gasteiger partial charge in [-0.1, -0.05) is 43.2 Å². The number of aliphatic carboxylic acids is 1. The first kappa shape index (κ1) is 23.5. The maximum atomic E-state index is 12.5. The molecule has 160 valence electrons. The molecule has 0 aliphatic carbocycles. The molecule has 1 atom stereocenters. The van der Waals surface area contributed by atoms with Crippen molar-refractivity contribution in [3.63, 3.8) is 0 Å². The zero-order valence-corrected chi connectivity index (χ0v) is 17.2. The largest absolute Gasteiger partial charge is 0.480 e. The first-order chi connectivity index (χ1) is 13.7. The second-order valence-electron chi connectivity index (χ2n) is 8.28. The van der Waals surface area contributed by atoms with Crippen molar-refractivity contribution < 1.29 is 24.7 Å². The van der Waals surface area contributed by atoms with Crippen LogP contribution in [0.15, 0.2) is 30.3 Å². The van der Waals surface area contributed by atoms with Crippen molar-refractivity contribution in [2.45, 2.75) is 62.7 Å². The predicted molar refractivity (Wildman–Crippen MR) is 112 cm³/mol. The number of piperidine rings is 1. The highest BCUT2D eigenvalue weighted by molar-refractivity contribution is 6.40. The smallest absolute Gasteiger partial charge is 0.451 e. The molecule has 1 aromatic carbocycles. The Morgan fingerprint density at radius 1 is 1.14 bits per heavy atom. The zero-order chi connectivity index (χ0) is 21.5. The van der Waals surface area contributed by atoms with E-state index in [-0.39, 0.29) is 12.1 Å². The van der Waals surface area contributed by atoms with Crippen molar-refractivity contribution >= 4 is 18.9 Å². The highest BCUT2D eigenvalue weighted by Crippen LogP contribution is 2.36. The van der Waals surface area contributed by atoms with Gasteiger partial charge in [0, 0.05) is 6.54 Å². The van der Waals surface area contributed by atoms with Crippen molar-refractivity contribution in [2.75, 3.05) is 19.6 Å². The fourth-order valence-corrected chi connectivity index (χ4v) is 4.22. The fourth-order valence-electron chi connectivity index (χ4n) is 4.22. The second kappa shape index (κ2) is 10.3. The number of carbonyl (C=O) groups excluding carboxylic acids is 1.